The number of likely N-dealkylation sites (tertiary alicyclic amines) is 1. The molecule has 0 radical (unpaired) electrons. The molecule has 1 fully saturated rings. The van der Waals surface area contributed by atoms with E-state index in [1.54, 1.807) is 0 Å². The Balaban J connectivity index is 1.50. The number of para-hydroxylation sites is 2. The topological polar surface area (TPSA) is 48.8 Å². The van der Waals surface area contributed by atoms with E-state index < -0.39 is 0 Å². The van der Waals surface area contributed by atoms with Gasteiger partial charge in [-0.3, -0.25) is 4.79 Å². The number of pyridine rings is 1. The molecule has 0 unspecified atom stereocenters. The molecule has 1 aliphatic heterocycles. The van der Waals surface area contributed by atoms with E-state index in [0.717, 1.165) is 47.3 Å². The first kappa shape index (κ1) is 18.1. The summed E-state index contributed by atoms with van der Waals surface area (Å²) < 4.78 is 2.92. The quantitative estimate of drug-likeness (QED) is 0.647. The summed E-state index contributed by atoms with van der Waals surface area (Å²) in [6.07, 6.45) is 6.02. The minimum atomic E-state index is -0.104. The van der Waals surface area contributed by atoms with Gasteiger partial charge < -0.3 is 19.9 Å². The second-order valence-corrected chi connectivity index (χ2v) is 8.05. The summed E-state index contributed by atoms with van der Waals surface area (Å²) in [7, 11) is 2.16. The predicted octanol–water partition coefficient (Wildman–Crippen LogP) is 4.46. The SMILES string of the molecule is CN1CCC(Nc2ccccc2NC(=O)c2cc3ccc(Br)cn3c2)CC1. The van der Waals surface area contributed by atoms with E-state index in [4.69, 9.17) is 0 Å². The average molecular weight is 427 g/mol. The highest BCUT2D eigenvalue weighted by atomic mass is 79.9. The van der Waals surface area contributed by atoms with Crippen molar-refractivity contribution in [2.45, 2.75) is 18.9 Å². The predicted molar refractivity (Wildman–Crippen MR) is 114 cm³/mol. The van der Waals surface area contributed by atoms with Crippen LogP contribution in [0.1, 0.15) is 23.2 Å². The van der Waals surface area contributed by atoms with E-state index in [1.165, 1.54) is 0 Å². The van der Waals surface area contributed by atoms with Crippen LogP contribution in [0.25, 0.3) is 5.52 Å². The third kappa shape index (κ3) is 4.17. The molecule has 2 N–H and O–H groups in total. The number of nitrogens with one attached hydrogen (secondary N) is 2. The molecule has 3 aromatic rings. The molecule has 3 heterocycles. The molecule has 0 spiro atoms. The minimum Gasteiger partial charge on any atom is -0.381 e. The first-order chi connectivity index (χ1) is 13.1. The Labute approximate surface area is 167 Å². The largest absolute Gasteiger partial charge is 0.381 e. The smallest absolute Gasteiger partial charge is 0.257 e. The van der Waals surface area contributed by atoms with E-state index >= 15 is 0 Å². The Hall–Kier alpha value is -2.31. The number of carbonyl (C=O) groups excluding carboxylic acids is 1. The zero-order valence-electron chi connectivity index (χ0n) is 15.3. The van der Waals surface area contributed by atoms with Gasteiger partial charge in [0, 0.05) is 28.4 Å². The third-order valence-corrected chi connectivity index (χ3v) is 5.54. The van der Waals surface area contributed by atoms with Crippen LogP contribution in [0.4, 0.5) is 11.4 Å². The van der Waals surface area contributed by atoms with Crippen LogP contribution in [0.3, 0.4) is 0 Å². The fourth-order valence-corrected chi connectivity index (χ4v) is 3.84. The summed E-state index contributed by atoms with van der Waals surface area (Å²) in [5, 5.41) is 6.67. The number of hydrogen-bond donors (Lipinski definition) is 2. The lowest BCUT2D eigenvalue weighted by molar-refractivity contribution is 0.102. The van der Waals surface area contributed by atoms with Crippen LogP contribution in [-0.2, 0) is 0 Å². The van der Waals surface area contributed by atoms with Gasteiger partial charge in [-0.05, 0) is 79.2 Å². The number of nitrogens with zero attached hydrogens (tertiary/aromatic N) is 2. The Morgan fingerprint density at radius 1 is 1.07 bits per heavy atom. The summed E-state index contributed by atoms with van der Waals surface area (Å²) in [5.74, 6) is -0.104. The number of benzene rings is 1. The van der Waals surface area contributed by atoms with Crippen molar-refractivity contribution in [3.63, 3.8) is 0 Å². The zero-order valence-corrected chi connectivity index (χ0v) is 16.9. The highest BCUT2D eigenvalue weighted by Gasteiger charge is 2.18. The molecule has 2 aromatic heterocycles. The molecular formula is C21H23BrN4O. The average Bonchev–Trinajstić information content (AvgIpc) is 3.08. The van der Waals surface area contributed by atoms with Crippen molar-refractivity contribution in [1.29, 1.82) is 0 Å². The monoisotopic (exact) mass is 426 g/mol. The van der Waals surface area contributed by atoms with Crippen molar-refractivity contribution in [2.75, 3.05) is 30.8 Å². The molecule has 4 rings (SSSR count). The maximum absolute atomic E-state index is 12.8. The lowest BCUT2D eigenvalue weighted by Gasteiger charge is -2.30. The number of piperidine rings is 1. The number of amides is 1. The number of rotatable bonds is 4. The molecule has 1 aliphatic rings. The molecule has 1 saturated heterocycles. The maximum atomic E-state index is 12.8. The van der Waals surface area contributed by atoms with Crippen molar-refractivity contribution in [3.8, 4) is 0 Å². The van der Waals surface area contributed by atoms with Crippen LogP contribution < -0.4 is 10.6 Å². The van der Waals surface area contributed by atoms with Gasteiger partial charge in [-0.1, -0.05) is 12.1 Å². The standard InChI is InChI=1S/C21H23BrN4O/c1-25-10-8-17(9-11-25)23-19-4-2-3-5-20(19)24-21(27)15-12-18-7-6-16(22)14-26(18)13-15/h2-7,12-14,17,23H,8-11H2,1H3,(H,24,27). The van der Waals surface area contributed by atoms with Crippen molar-refractivity contribution in [2.24, 2.45) is 0 Å². The van der Waals surface area contributed by atoms with Gasteiger partial charge in [0.25, 0.3) is 5.91 Å². The summed E-state index contributed by atoms with van der Waals surface area (Å²) in [4.78, 5) is 15.1. The molecule has 0 aliphatic carbocycles. The fraction of sp³-hybridized carbons (Fsp3) is 0.286. The first-order valence-corrected chi connectivity index (χ1v) is 10.0. The van der Waals surface area contributed by atoms with Gasteiger partial charge in [0.2, 0.25) is 0 Å². The summed E-state index contributed by atoms with van der Waals surface area (Å²) in [6.45, 7) is 2.19. The number of fused-ring (bicyclic) bond motifs is 1. The van der Waals surface area contributed by atoms with Gasteiger partial charge in [0.1, 0.15) is 0 Å². The van der Waals surface area contributed by atoms with Crippen molar-refractivity contribution < 1.29 is 4.79 Å². The second-order valence-electron chi connectivity index (χ2n) is 7.13. The molecule has 1 aromatic carbocycles. The Morgan fingerprint density at radius 3 is 2.59 bits per heavy atom. The maximum Gasteiger partial charge on any atom is 0.257 e. The molecule has 0 bridgehead atoms. The van der Waals surface area contributed by atoms with Gasteiger partial charge in [0.05, 0.1) is 16.9 Å². The molecule has 5 nitrogen and oxygen atoms in total. The lowest BCUT2D eigenvalue weighted by atomic mass is 10.0. The van der Waals surface area contributed by atoms with Crippen LogP contribution in [-0.4, -0.2) is 41.4 Å². The number of aromatic nitrogens is 1. The van der Waals surface area contributed by atoms with Gasteiger partial charge in [-0.15, -0.1) is 0 Å². The van der Waals surface area contributed by atoms with Crippen LogP contribution in [0.2, 0.25) is 0 Å². The van der Waals surface area contributed by atoms with Gasteiger partial charge in [-0.2, -0.15) is 0 Å². The molecule has 1 amide bonds. The van der Waals surface area contributed by atoms with Crippen molar-refractivity contribution in [1.82, 2.24) is 9.30 Å². The van der Waals surface area contributed by atoms with Crippen LogP contribution in [0, 0.1) is 0 Å². The van der Waals surface area contributed by atoms with E-state index in [0.29, 0.717) is 11.6 Å². The molecule has 0 saturated carbocycles. The normalized spacial score (nSPS) is 15.8. The van der Waals surface area contributed by atoms with Gasteiger partial charge in [-0.25, -0.2) is 0 Å². The van der Waals surface area contributed by atoms with Crippen LogP contribution in [0.5, 0.6) is 0 Å². The molecule has 140 valence electrons. The summed E-state index contributed by atoms with van der Waals surface area (Å²) in [6, 6.07) is 14.2. The highest BCUT2D eigenvalue weighted by molar-refractivity contribution is 9.10. The zero-order chi connectivity index (χ0) is 18.8. The Morgan fingerprint density at radius 2 is 1.81 bits per heavy atom. The molecule has 27 heavy (non-hydrogen) atoms. The number of halogens is 1. The molecule has 6 heteroatoms. The fourth-order valence-electron chi connectivity index (χ4n) is 3.49. The number of hydrogen-bond acceptors (Lipinski definition) is 3. The van der Waals surface area contributed by atoms with E-state index in [9.17, 15) is 4.79 Å². The lowest BCUT2D eigenvalue weighted by Crippen LogP contribution is -2.36. The summed E-state index contributed by atoms with van der Waals surface area (Å²) >= 11 is 3.46. The third-order valence-electron chi connectivity index (χ3n) is 5.07. The van der Waals surface area contributed by atoms with E-state index in [2.05, 4.69) is 38.5 Å². The number of carbonyl (C=O) groups is 1. The summed E-state index contributed by atoms with van der Waals surface area (Å²) in [5.41, 5.74) is 3.42. The van der Waals surface area contributed by atoms with Crippen LogP contribution in [0.15, 0.2) is 59.3 Å². The van der Waals surface area contributed by atoms with Crippen molar-refractivity contribution in [3.05, 3.63) is 64.9 Å². The highest BCUT2D eigenvalue weighted by Crippen LogP contribution is 2.25. The second kappa shape index (κ2) is 7.74. The number of anilines is 2. The first-order valence-electron chi connectivity index (χ1n) is 9.21. The van der Waals surface area contributed by atoms with Crippen molar-refractivity contribution >= 4 is 38.7 Å². The van der Waals surface area contributed by atoms with Gasteiger partial charge in [0.15, 0.2) is 0 Å². The van der Waals surface area contributed by atoms with Gasteiger partial charge >= 0.3 is 0 Å². The molecule has 0 atom stereocenters. The Bertz CT molecular complexity index is 960. The van der Waals surface area contributed by atoms with Crippen LogP contribution >= 0.6 is 15.9 Å². The van der Waals surface area contributed by atoms with E-state index in [-0.39, 0.29) is 5.91 Å². The molecular weight excluding hydrogens is 404 g/mol. The Kier molecular flexibility index (Phi) is 5.18. The minimum absolute atomic E-state index is 0.104. The van der Waals surface area contributed by atoms with E-state index in [1.807, 2.05) is 59.3 Å².